The van der Waals surface area contributed by atoms with E-state index in [1.807, 2.05) is 0 Å². The van der Waals surface area contributed by atoms with Crippen molar-refractivity contribution >= 4 is 24.2 Å². The summed E-state index contributed by atoms with van der Waals surface area (Å²) in [5.41, 5.74) is -2.28. The second kappa shape index (κ2) is 7.37. The number of carbonyl (C=O) groups is 1. The normalized spacial score (nSPS) is 22.3. The molecule has 0 bridgehead atoms. The first kappa shape index (κ1) is 21.2. The lowest BCUT2D eigenvalue weighted by Crippen LogP contribution is -2.41. The van der Waals surface area contributed by atoms with Crippen LogP contribution in [0.4, 0.5) is 18.9 Å². The molecular formula is C20H27BF3NO3. The van der Waals surface area contributed by atoms with Crippen molar-refractivity contribution in [3.05, 3.63) is 23.8 Å². The summed E-state index contributed by atoms with van der Waals surface area (Å²) >= 11 is 0. The molecular weight excluding hydrogens is 370 g/mol. The van der Waals surface area contributed by atoms with E-state index < -0.39 is 30.1 Å². The highest BCUT2D eigenvalue weighted by atomic mass is 19.4. The van der Waals surface area contributed by atoms with Gasteiger partial charge in [0, 0.05) is 11.6 Å². The van der Waals surface area contributed by atoms with E-state index in [4.69, 9.17) is 9.31 Å². The first-order valence-electron chi connectivity index (χ1n) is 9.78. The number of rotatable bonds is 3. The third-order valence-corrected chi connectivity index (χ3v) is 6.11. The highest BCUT2D eigenvalue weighted by Gasteiger charge is 2.53. The van der Waals surface area contributed by atoms with E-state index in [2.05, 4.69) is 5.32 Å². The Morgan fingerprint density at radius 2 is 1.64 bits per heavy atom. The Hall–Kier alpha value is -1.54. The molecule has 8 heteroatoms. The highest BCUT2D eigenvalue weighted by Crippen LogP contribution is 2.38. The lowest BCUT2D eigenvalue weighted by atomic mass is 9.75. The van der Waals surface area contributed by atoms with Crippen molar-refractivity contribution in [3.8, 4) is 0 Å². The van der Waals surface area contributed by atoms with Crippen molar-refractivity contribution in [2.24, 2.45) is 5.92 Å². The van der Waals surface area contributed by atoms with Gasteiger partial charge in [-0.15, -0.1) is 0 Å². The van der Waals surface area contributed by atoms with Gasteiger partial charge in [0.25, 0.3) is 0 Å². The summed E-state index contributed by atoms with van der Waals surface area (Å²) in [6.07, 6.45) is 0.0305. The molecule has 28 heavy (non-hydrogen) atoms. The summed E-state index contributed by atoms with van der Waals surface area (Å²) in [5.74, 6) is -0.345. The van der Waals surface area contributed by atoms with Crippen LogP contribution in [0.5, 0.6) is 0 Å². The van der Waals surface area contributed by atoms with Gasteiger partial charge in [0.2, 0.25) is 5.91 Å². The Labute approximate surface area is 164 Å². The van der Waals surface area contributed by atoms with E-state index in [0.29, 0.717) is 0 Å². The molecule has 4 nitrogen and oxygen atoms in total. The van der Waals surface area contributed by atoms with E-state index in [1.165, 1.54) is 12.1 Å². The summed E-state index contributed by atoms with van der Waals surface area (Å²) in [5, 5.41) is 2.65. The van der Waals surface area contributed by atoms with E-state index in [-0.39, 0.29) is 23.0 Å². The van der Waals surface area contributed by atoms with Gasteiger partial charge in [-0.2, -0.15) is 13.2 Å². The number of amides is 1. The smallest absolute Gasteiger partial charge is 0.399 e. The summed E-state index contributed by atoms with van der Waals surface area (Å²) in [7, 11) is -1.12. The number of halogens is 3. The van der Waals surface area contributed by atoms with E-state index in [0.717, 1.165) is 38.2 Å². The van der Waals surface area contributed by atoms with Crippen LogP contribution >= 0.6 is 0 Å². The number of hydrogen-bond acceptors (Lipinski definition) is 3. The van der Waals surface area contributed by atoms with Gasteiger partial charge in [0.05, 0.1) is 16.8 Å². The highest BCUT2D eigenvalue weighted by molar-refractivity contribution is 6.62. The molecule has 3 rings (SSSR count). The van der Waals surface area contributed by atoms with Crippen molar-refractivity contribution in [1.82, 2.24) is 0 Å². The van der Waals surface area contributed by atoms with Crippen LogP contribution in [-0.4, -0.2) is 24.2 Å². The van der Waals surface area contributed by atoms with Crippen LogP contribution in [-0.2, 0) is 20.3 Å². The summed E-state index contributed by atoms with van der Waals surface area (Å²) in [6.45, 7) is 7.16. The molecule has 1 saturated carbocycles. The first-order valence-corrected chi connectivity index (χ1v) is 9.78. The molecule has 154 valence electrons. The van der Waals surface area contributed by atoms with E-state index in [9.17, 15) is 18.0 Å². The van der Waals surface area contributed by atoms with Gasteiger partial charge < -0.3 is 14.6 Å². The van der Waals surface area contributed by atoms with Gasteiger partial charge in [-0.05, 0) is 58.1 Å². The minimum absolute atomic E-state index is 0.0817. The van der Waals surface area contributed by atoms with E-state index in [1.54, 1.807) is 27.7 Å². The maximum absolute atomic E-state index is 13.7. The van der Waals surface area contributed by atoms with Crippen LogP contribution in [0.3, 0.4) is 0 Å². The van der Waals surface area contributed by atoms with Crippen LogP contribution in [0.2, 0.25) is 0 Å². The van der Waals surface area contributed by atoms with Crippen molar-refractivity contribution < 1.29 is 27.3 Å². The molecule has 0 aromatic heterocycles. The van der Waals surface area contributed by atoms with Gasteiger partial charge in [0.15, 0.2) is 0 Å². The number of nitrogens with one attached hydrogen (secondary N) is 1. The predicted molar refractivity (Wildman–Crippen MR) is 102 cm³/mol. The lowest BCUT2D eigenvalue weighted by molar-refractivity contribution is -0.137. The fourth-order valence-electron chi connectivity index (χ4n) is 3.66. The molecule has 1 aromatic carbocycles. The summed E-state index contributed by atoms with van der Waals surface area (Å²) in [4.78, 5) is 12.4. The third kappa shape index (κ3) is 4.22. The maximum Gasteiger partial charge on any atom is 0.495 e. The van der Waals surface area contributed by atoms with Crippen molar-refractivity contribution in [1.29, 1.82) is 0 Å². The second-order valence-electron chi connectivity index (χ2n) is 8.71. The topological polar surface area (TPSA) is 47.6 Å². The maximum atomic E-state index is 13.7. The number of hydrogen-bond donors (Lipinski definition) is 1. The molecule has 1 saturated heterocycles. The van der Waals surface area contributed by atoms with Crippen molar-refractivity contribution in [2.45, 2.75) is 77.2 Å². The number of carbonyl (C=O) groups excluding carboxylic acids is 1. The number of benzene rings is 1. The summed E-state index contributed by atoms with van der Waals surface area (Å²) < 4.78 is 52.8. The van der Waals surface area contributed by atoms with Crippen LogP contribution in [0.1, 0.15) is 65.4 Å². The SMILES string of the molecule is CC1(C)OB(c2ccc(NC(=O)C3CCCCC3)cc2C(F)(F)F)OC1(C)C. The molecule has 1 aromatic rings. The Kier molecular flexibility index (Phi) is 5.58. The standard InChI is InChI=1S/C20H27BF3NO3/c1-18(2)19(3,4)28-21(27-18)16-11-10-14(12-15(16)20(22,23)24)25-17(26)13-8-6-5-7-9-13/h10-13H,5-9H2,1-4H3,(H,25,26). The minimum Gasteiger partial charge on any atom is -0.399 e. The van der Waals surface area contributed by atoms with Gasteiger partial charge in [-0.3, -0.25) is 4.79 Å². The predicted octanol–water partition coefficient (Wildman–Crippen LogP) is 4.52. The molecule has 2 fully saturated rings. The van der Waals surface area contributed by atoms with Gasteiger partial charge in [-0.1, -0.05) is 25.3 Å². The van der Waals surface area contributed by atoms with Crippen LogP contribution in [0.15, 0.2) is 18.2 Å². The Morgan fingerprint density at radius 3 is 2.18 bits per heavy atom. The van der Waals surface area contributed by atoms with Crippen LogP contribution < -0.4 is 10.8 Å². The lowest BCUT2D eigenvalue weighted by Gasteiger charge is -2.32. The molecule has 2 aliphatic rings. The Balaban J connectivity index is 1.86. The molecule has 1 N–H and O–H groups in total. The zero-order valence-corrected chi connectivity index (χ0v) is 16.8. The first-order chi connectivity index (χ1) is 12.9. The zero-order chi connectivity index (χ0) is 20.7. The molecule has 0 spiro atoms. The fraction of sp³-hybridized carbons (Fsp3) is 0.650. The van der Waals surface area contributed by atoms with Crippen LogP contribution in [0, 0.1) is 5.92 Å². The fourth-order valence-corrected chi connectivity index (χ4v) is 3.66. The van der Waals surface area contributed by atoms with Gasteiger partial charge in [0.1, 0.15) is 0 Å². The quantitative estimate of drug-likeness (QED) is 0.763. The molecule has 0 atom stereocenters. The third-order valence-electron chi connectivity index (χ3n) is 6.11. The number of anilines is 1. The molecule has 1 aliphatic heterocycles. The van der Waals surface area contributed by atoms with Gasteiger partial charge >= 0.3 is 13.3 Å². The molecule has 0 radical (unpaired) electrons. The van der Waals surface area contributed by atoms with Crippen molar-refractivity contribution in [3.63, 3.8) is 0 Å². The average molecular weight is 397 g/mol. The molecule has 1 amide bonds. The Morgan fingerprint density at radius 1 is 1.07 bits per heavy atom. The monoisotopic (exact) mass is 397 g/mol. The molecule has 1 heterocycles. The molecule has 0 unspecified atom stereocenters. The van der Waals surface area contributed by atoms with E-state index >= 15 is 0 Å². The molecule has 1 aliphatic carbocycles. The Bertz CT molecular complexity index is 727. The minimum atomic E-state index is -4.59. The van der Waals surface area contributed by atoms with Gasteiger partial charge in [-0.25, -0.2) is 0 Å². The van der Waals surface area contributed by atoms with Crippen molar-refractivity contribution in [2.75, 3.05) is 5.32 Å². The second-order valence-corrected chi connectivity index (χ2v) is 8.71. The van der Waals surface area contributed by atoms with Crippen LogP contribution in [0.25, 0.3) is 0 Å². The largest absolute Gasteiger partial charge is 0.495 e. The zero-order valence-electron chi connectivity index (χ0n) is 16.8. The average Bonchev–Trinajstić information content (AvgIpc) is 2.82. The summed E-state index contributed by atoms with van der Waals surface area (Å²) in [6, 6.07) is 3.79. The number of alkyl halides is 3.